The van der Waals surface area contributed by atoms with E-state index >= 15 is 0 Å². The van der Waals surface area contributed by atoms with Crippen molar-refractivity contribution in [1.82, 2.24) is 20.3 Å². The van der Waals surface area contributed by atoms with Crippen molar-refractivity contribution in [3.05, 3.63) is 42.2 Å². The standard InChI is InChI=1S/C12H16N4O/c1-13-9-11-10-16(15-14-11)7-8-17-12-5-3-2-4-6-12/h2-6,10,13H,7-9H2,1H3. The maximum atomic E-state index is 5.57. The molecule has 0 fully saturated rings. The lowest BCUT2D eigenvalue weighted by molar-refractivity contribution is 0.289. The molecule has 17 heavy (non-hydrogen) atoms. The van der Waals surface area contributed by atoms with E-state index in [0.717, 1.165) is 18.0 Å². The Morgan fingerprint density at radius 2 is 2.12 bits per heavy atom. The van der Waals surface area contributed by atoms with Crippen LogP contribution in [0.4, 0.5) is 0 Å². The van der Waals surface area contributed by atoms with E-state index in [1.165, 1.54) is 0 Å². The lowest BCUT2D eigenvalue weighted by atomic mass is 10.3. The van der Waals surface area contributed by atoms with E-state index in [9.17, 15) is 0 Å². The lowest BCUT2D eigenvalue weighted by Gasteiger charge is -2.04. The van der Waals surface area contributed by atoms with Crippen LogP contribution < -0.4 is 10.1 Å². The van der Waals surface area contributed by atoms with Crippen molar-refractivity contribution >= 4 is 0 Å². The normalized spacial score (nSPS) is 10.4. The van der Waals surface area contributed by atoms with E-state index in [0.29, 0.717) is 13.2 Å². The molecule has 0 bridgehead atoms. The van der Waals surface area contributed by atoms with Gasteiger partial charge < -0.3 is 10.1 Å². The van der Waals surface area contributed by atoms with Crippen LogP contribution in [0.25, 0.3) is 0 Å². The summed E-state index contributed by atoms with van der Waals surface area (Å²) in [4.78, 5) is 0. The number of benzene rings is 1. The van der Waals surface area contributed by atoms with Crippen molar-refractivity contribution in [2.24, 2.45) is 0 Å². The smallest absolute Gasteiger partial charge is 0.119 e. The van der Waals surface area contributed by atoms with Crippen LogP contribution >= 0.6 is 0 Å². The van der Waals surface area contributed by atoms with Gasteiger partial charge >= 0.3 is 0 Å². The maximum Gasteiger partial charge on any atom is 0.119 e. The van der Waals surface area contributed by atoms with Gasteiger partial charge in [0.15, 0.2) is 0 Å². The molecule has 0 radical (unpaired) electrons. The maximum absolute atomic E-state index is 5.57. The van der Waals surface area contributed by atoms with Gasteiger partial charge in [-0.2, -0.15) is 0 Å². The molecule has 0 saturated heterocycles. The Kier molecular flexibility index (Phi) is 4.10. The molecule has 2 aromatic rings. The third kappa shape index (κ3) is 3.57. The zero-order chi connectivity index (χ0) is 11.9. The first-order valence-corrected chi connectivity index (χ1v) is 5.60. The van der Waals surface area contributed by atoms with Crippen LogP contribution in [0.5, 0.6) is 5.75 Å². The molecule has 1 aromatic carbocycles. The average Bonchev–Trinajstić information content (AvgIpc) is 2.79. The average molecular weight is 232 g/mol. The van der Waals surface area contributed by atoms with E-state index in [4.69, 9.17) is 4.74 Å². The van der Waals surface area contributed by atoms with Crippen molar-refractivity contribution in [1.29, 1.82) is 0 Å². The minimum absolute atomic E-state index is 0.590. The van der Waals surface area contributed by atoms with Crippen molar-refractivity contribution in [3.8, 4) is 5.75 Å². The van der Waals surface area contributed by atoms with E-state index in [1.807, 2.05) is 43.6 Å². The SMILES string of the molecule is CNCc1cn(CCOc2ccccc2)nn1. The Labute approximate surface area is 100 Å². The Morgan fingerprint density at radius 1 is 1.29 bits per heavy atom. The van der Waals surface area contributed by atoms with E-state index in [1.54, 1.807) is 4.68 Å². The second kappa shape index (κ2) is 6.00. The minimum Gasteiger partial charge on any atom is -0.492 e. The third-order valence-corrected chi connectivity index (χ3v) is 2.28. The number of hydrogen-bond donors (Lipinski definition) is 1. The molecular weight excluding hydrogens is 216 g/mol. The number of para-hydroxylation sites is 1. The Balaban J connectivity index is 1.78. The number of hydrogen-bond acceptors (Lipinski definition) is 4. The predicted molar refractivity (Wildman–Crippen MR) is 64.7 cm³/mol. The van der Waals surface area contributed by atoms with Crippen LogP contribution in [-0.4, -0.2) is 28.6 Å². The monoisotopic (exact) mass is 232 g/mol. The molecule has 5 nitrogen and oxygen atoms in total. The van der Waals surface area contributed by atoms with Gasteiger partial charge in [-0.15, -0.1) is 5.10 Å². The number of nitrogens with zero attached hydrogens (tertiary/aromatic N) is 3. The van der Waals surface area contributed by atoms with E-state index < -0.39 is 0 Å². The van der Waals surface area contributed by atoms with Gasteiger partial charge in [0.25, 0.3) is 0 Å². The van der Waals surface area contributed by atoms with Crippen LogP contribution in [0.1, 0.15) is 5.69 Å². The van der Waals surface area contributed by atoms with Gasteiger partial charge in [-0.3, -0.25) is 0 Å². The van der Waals surface area contributed by atoms with Crippen LogP contribution in [0.15, 0.2) is 36.5 Å². The molecule has 0 aliphatic rings. The zero-order valence-electron chi connectivity index (χ0n) is 9.84. The van der Waals surface area contributed by atoms with Crippen molar-refractivity contribution < 1.29 is 4.74 Å². The summed E-state index contributed by atoms with van der Waals surface area (Å²) in [5.41, 5.74) is 0.937. The van der Waals surface area contributed by atoms with Gasteiger partial charge in [0.2, 0.25) is 0 Å². The fourth-order valence-corrected chi connectivity index (χ4v) is 1.48. The van der Waals surface area contributed by atoms with Crippen LogP contribution in [0.2, 0.25) is 0 Å². The second-order valence-electron chi connectivity index (χ2n) is 3.66. The quantitative estimate of drug-likeness (QED) is 0.809. The minimum atomic E-state index is 0.590. The molecule has 0 spiro atoms. The second-order valence-corrected chi connectivity index (χ2v) is 3.66. The first kappa shape index (κ1) is 11.6. The van der Waals surface area contributed by atoms with Crippen molar-refractivity contribution in [3.63, 3.8) is 0 Å². The summed E-state index contributed by atoms with van der Waals surface area (Å²) in [6.45, 7) is 2.03. The molecule has 1 N–H and O–H groups in total. The molecule has 0 aliphatic heterocycles. The zero-order valence-corrected chi connectivity index (χ0v) is 9.84. The molecule has 0 unspecified atom stereocenters. The summed E-state index contributed by atoms with van der Waals surface area (Å²) < 4.78 is 7.36. The Hall–Kier alpha value is -1.88. The highest BCUT2D eigenvalue weighted by Crippen LogP contribution is 2.07. The fourth-order valence-electron chi connectivity index (χ4n) is 1.48. The summed E-state index contributed by atoms with van der Waals surface area (Å²) >= 11 is 0. The van der Waals surface area contributed by atoms with Crippen LogP contribution in [0, 0.1) is 0 Å². The van der Waals surface area contributed by atoms with Crippen molar-refractivity contribution in [2.75, 3.05) is 13.7 Å². The fraction of sp³-hybridized carbons (Fsp3) is 0.333. The largest absolute Gasteiger partial charge is 0.492 e. The summed E-state index contributed by atoms with van der Waals surface area (Å²) in [5.74, 6) is 0.878. The highest BCUT2D eigenvalue weighted by molar-refractivity contribution is 5.20. The van der Waals surface area contributed by atoms with Gasteiger partial charge in [-0.05, 0) is 19.2 Å². The molecular formula is C12H16N4O. The number of nitrogens with one attached hydrogen (secondary N) is 1. The number of aromatic nitrogens is 3. The van der Waals surface area contributed by atoms with Crippen LogP contribution in [0.3, 0.4) is 0 Å². The summed E-state index contributed by atoms with van der Waals surface area (Å²) in [6.07, 6.45) is 1.92. The molecule has 5 heteroatoms. The van der Waals surface area contributed by atoms with Gasteiger partial charge in [0, 0.05) is 12.7 Å². The molecule has 2 rings (SSSR count). The molecule has 0 aliphatic carbocycles. The van der Waals surface area contributed by atoms with Crippen LogP contribution in [-0.2, 0) is 13.1 Å². The van der Waals surface area contributed by atoms with Gasteiger partial charge in [0.1, 0.15) is 12.4 Å². The molecule has 1 aromatic heterocycles. The highest BCUT2D eigenvalue weighted by Gasteiger charge is 1.99. The number of ether oxygens (including phenoxy) is 1. The molecule has 0 saturated carbocycles. The van der Waals surface area contributed by atoms with Gasteiger partial charge in [0.05, 0.1) is 12.2 Å². The van der Waals surface area contributed by atoms with Gasteiger partial charge in [-0.25, -0.2) is 4.68 Å². The molecule has 0 atom stereocenters. The molecule has 1 heterocycles. The first-order chi connectivity index (χ1) is 8.38. The van der Waals surface area contributed by atoms with Gasteiger partial charge in [-0.1, -0.05) is 23.4 Å². The third-order valence-electron chi connectivity index (χ3n) is 2.28. The summed E-state index contributed by atoms with van der Waals surface area (Å²) in [6, 6.07) is 9.75. The Morgan fingerprint density at radius 3 is 2.88 bits per heavy atom. The lowest BCUT2D eigenvalue weighted by Crippen LogP contribution is -2.08. The first-order valence-electron chi connectivity index (χ1n) is 5.60. The molecule has 0 amide bonds. The Bertz CT molecular complexity index is 441. The summed E-state index contributed by atoms with van der Waals surface area (Å²) in [5, 5.41) is 11.1. The number of rotatable bonds is 6. The molecule has 90 valence electrons. The van der Waals surface area contributed by atoms with E-state index in [2.05, 4.69) is 15.6 Å². The summed E-state index contributed by atoms with van der Waals surface area (Å²) in [7, 11) is 1.89. The van der Waals surface area contributed by atoms with Crippen molar-refractivity contribution in [2.45, 2.75) is 13.1 Å². The topological polar surface area (TPSA) is 52.0 Å². The predicted octanol–water partition coefficient (Wildman–Crippen LogP) is 1.08. The van der Waals surface area contributed by atoms with E-state index in [-0.39, 0.29) is 0 Å². The highest BCUT2D eigenvalue weighted by atomic mass is 16.5.